The first kappa shape index (κ1) is 20.7. The number of amides is 1. The fraction of sp³-hybridized carbons (Fsp3) is 0.478. The highest BCUT2D eigenvalue weighted by atomic mass is 16.5. The molecule has 2 aliphatic rings. The normalized spacial score (nSPS) is 21.0. The Hall–Kier alpha value is -3.20. The molecule has 9 heteroatoms. The molecule has 32 heavy (non-hydrogen) atoms. The number of nitrogens with zero attached hydrogens (tertiary/aromatic N) is 6. The second-order valence-corrected chi connectivity index (χ2v) is 8.50. The molecule has 1 atom stereocenters. The molecule has 2 fully saturated rings. The molecule has 9 nitrogen and oxygen atoms in total. The van der Waals surface area contributed by atoms with Gasteiger partial charge in [0.05, 0.1) is 12.5 Å². The van der Waals surface area contributed by atoms with Gasteiger partial charge in [-0.05, 0) is 25.8 Å². The van der Waals surface area contributed by atoms with E-state index in [9.17, 15) is 4.79 Å². The number of hydrogen-bond donors (Lipinski definition) is 0. The topological polar surface area (TPSA) is 85.1 Å². The number of aromatic nitrogens is 4. The standard InChI is InChI=1S/C23H28N6O3/c1-17-15-27(11-12-29(17)20-21-26-25-16-28(21)10-9-24-20)22(30)23(7-13-32-14-8-23)18-5-3-4-6-19(18)31-2/h3-6,9-10,16-17H,7-8,11-15H2,1-2H3. The number of carbonyl (C=O) groups excluding carboxylic acids is 1. The highest BCUT2D eigenvalue weighted by molar-refractivity contribution is 5.89. The number of benzene rings is 1. The van der Waals surface area contributed by atoms with Gasteiger partial charge in [0, 0.05) is 56.8 Å². The number of para-hydroxylation sites is 1. The lowest BCUT2D eigenvalue weighted by Crippen LogP contribution is -2.59. The number of rotatable bonds is 4. The Labute approximate surface area is 187 Å². The summed E-state index contributed by atoms with van der Waals surface area (Å²) in [5.74, 6) is 1.72. The minimum Gasteiger partial charge on any atom is -0.496 e. The molecule has 168 valence electrons. The van der Waals surface area contributed by atoms with Crippen molar-refractivity contribution in [3.8, 4) is 5.75 Å². The van der Waals surface area contributed by atoms with Gasteiger partial charge in [0.25, 0.3) is 0 Å². The molecule has 0 saturated carbocycles. The molecule has 3 aromatic rings. The summed E-state index contributed by atoms with van der Waals surface area (Å²) in [5.41, 5.74) is 1.06. The Morgan fingerprint density at radius 3 is 2.81 bits per heavy atom. The van der Waals surface area contributed by atoms with Crippen molar-refractivity contribution in [2.24, 2.45) is 0 Å². The molecule has 2 aliphatic heterocycles. The van der Waals surface area contributed by atoms with Crippen molar-refractivity contribution in [2.75, 3.05) is 44.9 Å². The number of methoxy groups -OCH3 is 1. The highest BCUT2D eigenvalue weighted by Crippen LogP contribution is 2.41. The summed E-state index contributed by atoms with van der Waals surface area (Å²) in [6, 6.07) is 7.98. The van der Waals surface area contributed by atoms with Crippen molar-refractivity contribution in [1.29, 1.82) is 0 Å². The first-order chi connectivity index (χ1) is 15.6. The number of fused-ring (bicyclic) bond motifs is 1. The zero-order chi connectivity index (χ0) is 22.1. The summed E-state index contributed by atoms with van der Waals surface area (Å²) in [7, 11) is 1.66. The zero-order valence-corrected chi connectivity index (χ0v) is 18.5. The zero-order valence-electron chi connectivity index (χ0n) is 18.5. The summed E-state index contributed by atoms with van der Waals surface area (Å²) in [6.45, 7) is 5.19. The van der Waals surface area contributed by atoms with Gasteiger partial charge >= 0.3 is 0 Å². The lowest BCUT2D eigenvalue weighted by Gasteiger charge is -2.45. The van der Waals surface area contributed by atoms with Crippen LogP contribution in [0.3, 0.4) is 0 Å². The van der Waals surface area contributed by atoms with E-state index < -0.39 is 5.41 Å². The van der Waals surface area contributed by atoms with Gasteiger partial charge in [0.1, 0.15) is 12.1 Å². The van der Waals surface area contributed by atoms with Gasteiger partial charge in [-0.15, -0.1) is 10.2 Å². The Balaban J connectivity index is 1.42. The van der Waals surface area contributed by atoms with Crippen molar-refractivity contribution in [3.63, 3.8) is 0 Å². The predicted molar refractivity (Wildman–Crippen MR) is 119 cm³/mol. The van der Waals surface area contributed by atoms with Gasteiger partial charge in [-0.25, -0.2) is 4.98 Å². The highest BCUT2D eigenvalue weighted by Gasteiger charge is 2.47. The maximum Gasteiger partial charge on any atom is 0.233 e. The number of ether oxygens (including phenoxy) is 2. The maximum atomic E-state index is 14.1. The molecule has 1 aromatic carbocycles. The summed E-state index contributed by atoms with van der Waals surface area (Å²) in [5, 5.41) is 8.23. The van der Waals surface area contributed by atoms with Gasteiger partial charge in [-0.3, -0.25) is 9.20 Å². The Kier molecular flexibility index (Phi) is 5.42. The van der Waals surface area contributed by atoms with E-state index in [0.29, 0.717) is 45.7 Å². The monoisotopic (exact) mass is 436 g/mol. The third kappa shape index (κ3) is 3.37. The van der Waals surface area contributed by atoms with Crippen LogP contribution in [-0.4, -0.2) is 76.4 Å². The van der Waals surface area contributed by atoms with E-state index in [1.807, 2.05) is 39.8 Å². The van der Waals surface area contributed by atoms with E-state index in [1.54, 1.807) is 19.6 Å². The number of carbonyl (C=O) groups is 1. The molecule has 0 N–H and O–H groups in total. The predicted octanol–water partition coefficient (Wildman–Crippen LogP) is 1.92. The molecule has 4 heterocycles. The van der Waals surface area contributed by atoms with Crippen LogP contribution in [0.5, 0.6) is 5.75 Å². The minimum atomic E-state index is -0.627. The van der Waals surface area contributed by atoms with Crippen LogP contribution in [0.15, 0.2) is 43.0 Å². The number of piperazine rings is 1. The first-order valence-electron chi connectivity index (χ1n) is 11.1. The largest absolute Gasteiger partial charge is 0.496 e. The number of anilines is 1. The molecule has 1 unspecified atom stereocenters. The third-order valence-corrected chi connectivity index (χ3v) is 6.76. The van der Waals surface area contributed by atoms with E-state index in [0.717, 1.165) is 22.8 Å². The van der Waals surface area contributed by atoms with Crippen LogP contribution in [0.4, 0.5) is 5.82 Å². The van der Waals surface area contributed by atoms with Crippen molar-refractivity contribution in [3.05, 3.63) is 48.5 Å². The minimum absolute atomic E-state index is 0.0951. The second kappa shape index (κ2) is 8.38. The molecule has 0 bridgehead atoms. The van der Waals surface area contributed by atoms with Gasteiger partial charge in [0.2, 0.25) is 11.6 Å². The molecule has 0 spiro atoms. The fourth-order valence-corrected chi connectivity index (χ4v) is 5.07. The van der Waals surface area contributed by atoms with Gasteiger partial charge in [-0.2, -0.15) is 0 Å². The fourth-order valence-electron chi connectivity index (χ4n) is 5.07. The summed E-state index contributed by atoms with van der Waals surface area (Å²) >= 11 is 0. The average molecular weight is 437 g/mol. The van der Waals surface area contributed by atoms with Crippen molar-refractivity contribution >= 4 is 17.4 Å². The molecule has 5 rings (SSSR count). The van der Waals surface area contributed by atoms with Crippen molar-refractivity contribution in [2.45, 2.75) is 31.2 Å². The average Bonchev–Trinajstić information content (AvgIpc) is 3.33. The van der Waals surface area contributed by atoms with Gasteiger partial charge < -0.3 is 19.3 Å². The van der Waals surface area contributed by atoms with E-state index >= 15 is 0 Å². The van der Waals surface area contributed by atoms with E-state index in [4.69, 9.17) is 9.47 Å². The second-order valence-electron chi connectivity index (χ2n) is 8.50. The van der Waals surface area contributed by atoms with Crippen LogP contribution in [-0.2, 0) is 14.9 Å². The lowest BCUT2D eigenvalue weighted by atomic mass is 9.72. The van der Waals surface area contributed by atoms with Crippen LogP contribution >= 0.6 is 0 Å². The Morgan fingerprint density at radius 1 is 1.22 bits per heavy atom. The Bertz CT molecular complexity index is 1110. The Morgan fingerprint density at radius 2 is 2.03 bits per heavy atom. The van der Waals surface area contributed by atoms with Crippen molar-refractivity contribution < 1.29 is 14.3 Å². The molecular formula is C23H28N6O3. The van der Waals surface area contributed by atoms with Crippen LogP contribution < -0.4 is 9.64 Å². The summed E-state index contributed by atoms with van der Waals surface area (Å²) in [6.07, 6.45) is 6.58. The molecule has 2 saturated heterocycles. The molecule has 0 aliphatic carbocycles. The number of hydrogen-bond acceptors (Lipinski definition) is 7. The smallest absolute Gasteiger partial charge is 0.233 e. The SMILES string of the molecule is COc1ccccc1C1(C(=O)N2CCN(c3nccn4cnnc34)C(C)C2)CCOCC1. The first-order valence-corrected chi connectivity index (χ1v) is 11.1. The summed E-state index contributed by atoms with van der Waals surface area (Å²) < 4.78 is 13.2. The molecule has 2 aromatic heterocycles. The van der Waals surface area contributed by atoms with Crippen LogP contribution in [0, 0.1) is 0 Å². The third-order valence-electron chi connectivity index (χ3n) is 6.76. The summed E-state index contributed by atoms with van der Waals surface area (Å²) in [4.78, 5) is 22.8. The van der Waals surface area contributed by atoms with E-state index in [-0.39, 0.29) is 11.9 Å². The quantitative estimate of drug-likeness (QED) is 0.618. The van der Waals surface area contributed by atoms with Gasteiger partial charge in [-0.1, -0.05) is 18.2 Å². The van der Waals surface area contributed by atoms with Crippen molar-refractivity contribution in [1.82, 2.24) is 24.5 Å². The van der Waals surface area contributed by atoms with Crippen LogP contribution in [0.2, 0.25) is 0 Å². The molecule has 1 amide bonds. The van der Waals surface area contributed by atoms with E-state index in [1.165, 1.54) is 0 Å². The van der Waals surface area contributed by atoms with Crippen LogP contribution in [0.25, 0.3) is 5.65 Å². The molecular weight excluding hydrogens is 408 g/mol. The van der Waals surface area contributed by atoms with Crippen LogP contribution in [0.1, 0.15) is 25.3 Å². The van der Waals surface area contributed by atoms with E-state index in [2.05, 4.69) is 27.0 Å². The lowest BCUT2D eigenvalue weighted by molar-refractivity contribution is -0.142. The molecule has 0 radical (unpaired) electrons. The van der Waals surface area contributed by atoms with Gasteiger partial charge in [0.15, 0.2) is 5.82 Å². The maximum absolute atomic E-state index is 14.1.